The van der Waals surface area contributed by atoms with Gasteiger partial charge < -0.3 is 15.9 Å². The van der Waals surface area contributed by atoms with Gasteiger partial charge in [0.05, 0.1) is 12.0 Å². The fourth-order valence-corrected chi connectivity index (χ4v) is 2.71. The van der Waals surface area contributed by atoms with Crippen molar-refractivity contribution in [2.75, 3.05) is 0 Å². The third-order valence-corrected chi connectivity index (χ3v) is 3.51. The number of nitrogens with two attached hydrogens (primary N) is 1. The lowest BCUT2D eigenvalue weighted by molar-refractivity contribution is -0.144. The van der Waals surface area contributed by atoms with Crippen molar-refractivity contribution >= 4 is 5.97 Å². The number of aliphatic hydroxyl groups is 1. The molecule has 0 spiro atoms. The van der Waals surface area contributed by atoms with Gasteiger partial charge >= 0.3 is 5.97 Å². The number of carboxylic acids is 1. The maximum Gasteiger partial charge on any atom is 0.306 e. The van der Waals surface area contributed by atoms with Crippen LogP contribution in [0.4, 0.5) is 0 Å². The van der Waals surface area contributed by atoms with E-state index in [2.05, 4.69) is 13.8 Å². The summed E-state index contributed by atoms with van der Waals surface area (Å²) in [6, 6.07) is -0.301. The Kier molecular flexibility index (Phi) is 4.74. The Morgan fingerprint density at radius 2 is 2.06 bits per heavy atom. The topological polar surface area (TPSA) is 83.5 Å². The van der Waals surface area contributed by atoms with E-state index in [1.807, 2.05) is 0 Å². The molecule has 94 valence electrons. The molecule has 4 atom stereocenters. The van der Waals surface area contributed by atoms with Crippen LogP contribution in [0.3, 0.4) is 0 Å². The molecule has 0 aromatic carbocycles. The Bertz CT molecular complexity index is 242. The van der Waals surface area contributed by atoms with Gasteiger partial charge in [-0.25, -0.2) is 0 Å². The molecular formula is C12H23NO3. The number of aliphatic hydroxyl groups excluding tert-OH is 1. The van der Waals surface area contributed by atoms with Crippen LogP contribution in [-0.4, -0.2) is 28.3 Å². The summed E-state index contributed by atoms with van der Waals surface area (Å²) >= 11 is 0. The summed E-state index contributed by atoms with van der Waals surface area (Å²) in [5, 5.41) is 19.1. The lowest BCUT2D eigenvalue weighted by atomic mass is 9.85. The minimum Gasteiger partial charge on any atom is -0.481 e. The SMILES string of the molecule is CC(C)C[C@H](N)[C@@H](O)[C@@H]1CCC[C@H]1C(=O)O. The van der Waals surface area contributed by atoms with Crippen LogP contribution in [-0.2, 0) is 4.79 Å². The van der Waals surface area contributed by atoms with Gasteiger partial charge in [0.2, 0.25) is 0 Å². The minimum atomic E-state index is -0.793. The number of hydrogen-bond acceptors (Lipinski definition) is 3. The van der Waals surface area contributed by atoms with E-state index in [0.29, 0.717) is 12.3 Å². The van der Waals surface area contributed by atoms with Crippen LogP contribution in [0.15, 0.2) is 0 Å². The second-order valence-electron chi connectivity index (χ2n) is 5.32. The Hall–Kier alpha value is -0.610. The molecule has 0 heterocycles. The van der Waals surface area contributed by atoms with Crippen LogP contribution in [0, 0.1) is 17.8 Å². The van der Waals surface area contributed by atoms with E-state index < -0.39 is 18.0 Å². The molecule has 0 aromatic heterocycles. The summed E-state index contributed by atoms with van der Waals surface area (Å²) in [7, 11) is 0. The maximum absolute atomic E-state index is 11.0. The molecule has 16 heavy (non-hydrogen) atoms. The highest BCUT2D eigenvalue weighted by molar-refractivity contribution is 5.70. The van der Waals surface area contributed by atoms with Crippen LogP contribution in [0.5, 0.6) is 0 Å². The lowest BCUT2D eigenvalue weighted by Gasteiger charge is -2.28. The average molecular weight is 229 g/mol. The van der Waals surface area contributed by atoms with Crippen LogP contribution in [0.2, 0.25) is 0 Å². The Morgan fingerprint density at radius 1 is 1.44 bits per heavy atom. The first-order valence-corrected chi connectivity index (χ1v) is 6.10. The summed E-state index contributed by atoms with van der Waals surface area (Å²) < 4.78 is 0. The molecule has 4 N–H and O–H groups in total. The fourth-order valence-electron chi connectivity index (χ4n) is 2.71. The first-order valence-electron chi connectivity index (χ1n) is 6.10. The zero-order chi connectivity index (χ0) is 12.3. The number of carboxylic acid groups (broad SMARTS) is 1. The molecule has 1 rings (SSSR count). The Balaban J connectivity index is 2.58. The van der Waals surface area contributed by atoms with Gasteiger partial charge in [-0.3, -0.25) is 4.79 Å². The number of rotatable bonds is 5. The highest BCUT2D eigenvalue weighted by Gasteiger charge is 2.39. The largest absolute Gasteiger partial charge is 0.481 e. The fraction of sp³-hybridized carbons (Fsp3) is 0.917. The van der Waals surface area contributed by atoms with Crippen molar-refractivity contribution in [1.29, 1.82) is 0 Å². The van der Waals surface area contributed by atoms with E-state index in [1.165, 1.54) is 0 Å². The van der Waals surface area contributed by atoms with E-state index >= 15 is 0 Å². The van der Waals surface area contributed by atoms with Gasteiger partial charge in [0.25, 0.3) is 0 Å². The van der Waals surface area contributed by atoms with Gasteiger partial charge in [-0.05, 0) is 31.1 Å². The van der Waals surface area contributed by atoms with E-state index in [0.717, 1.165) is 19.3 Å². The van der Waals surface area contributed by atoms with Gasteiger partial charge in [-0.15, -0.1) is 0 Å². The number of carbonyl (C=O) groups is 1. The summed E-state index contributed by atoms with van der Waals surface area (Å²) in [6.45, 7) is 4.10. The molecule has 4 heteroatoms. The van der Waals surface area contributed by atoms with E-state index in [-0.39, 0.29) is 12.0 Å². The van der Waals surface area contributed by atoms with Crippen molar-refractivity contribution in [3.05, 3.63) is 0 Å². The van der Waals surface area contributed by atoms with Crippen molar-refractivity contribution in [2.24, 2.45) is 23.5 Å². The van der Waals surface area contributed by atoms with Crippen LogP contribution in [0.1, 0.15) is 39.5 Å². The van der Waals surface area contributed by atoms with Gasteiger partial charge in [-0.1, -0.05) is 20.3 Å². The number of aliphatic carboxylic acids is 1. The van der Waals surface area contributed by atoms with Crippen LogP contribution in [0.25, 0.3) is 0 Å². The predicted octanol–water partition coefficient (Wildman–Crippen LogP) is 1.22. The molecule has 0 aromatic rings. The molecule has 0 amide bonds. The standard InChI is InChI=1S/C12H23NO3/c1-7(2)6-10(13)11(14)8-4-3-5-9(8)12(15)16/h7-11,14H,3-6,13H2,1-2H3,(H,15,16)/t8-,9-,10+,11+/m1/s1. The zero-order valence-electron chi connectivity index (χ0n) is 10.1. The Morgan fingerprint density at radius 3 is 2.56 bits per heavy atom. The highest BCUT2D eigenvalue weighted by Crippen LogP contribution is 2.35. The molecule has 1 aliphatic carbocycles. The molecular weight excluding hydrogens is 206 g/mol. The van der Waals surface area contributed by atoms with Crippen molar-refractivity contribution < 1.29 is 15.0 Å². The molecule has 0 bridgehead atoms. The third kappa shape index (κ3) is 3.19. The summed E-state index contributed by atoms with van der Waals surface area (Å²) in [4.78, 5) is 11.0. The number of hydrogen-bond donors (Lipinski definition) is 3. The highest BCUT2D eigenvalue weighted by atomic mass is 16.4. The molecule has 1 fully saturated rings. The molecule has 4 nitrogen and oxygen atoms in total. The second kappa shape index (κ2) is 5.64. The first kappa shape index (κ1) is 13.5. The summed E-state index contributed by atoms with van der Waals surface area (Å²) in [5.74, 6) is -0.938. The van der Waals surface area contributed by atoms with Crippen molar-refractivity contribution in [3.63, 3.8) is 0 Å². The quantitative estimate of drug-likeness (QED) is 0.662. The van der Waals surface area contributed by atoms with Gasteiger partial charge in [0.15, 0.2) is 0 Å². The zero-order valence-corrected chi connectivity index (χ0v) is 10.1. The van der Waals surface area contributed by atoms with Crippen molar-refractivity contribution in [2.45, 2.75) is 51.7 Å². The summed E-state index contributed by atoms with van der Waals surface area (Å²) in [6.07, 6.45) is 2.40. The van der Waals surface area contributed by atoms with Gasteiger partial charge in [0.1, 0.15) is 0 Å². The minimum absolute atomic E-state index is 0.161. The lowest BCUT2D eigenvalue weighted by Crippen LogP contribution is -2.43. The molecule has 0 unspecified atom stereocenters. The van der Waals surface area contributed by atoms with E-state index in [4.69, 9.17) is 10.8 Å². The molecule has 0 saturated heterocycles. The maximum atomic E-state index is 11.0. The van der Waals surface area contributed by atoms with Crippen molar-refractivity contribution in [1.82, 2.24) is 0 Å². The molecule has 0 radical (unpaired) electrons. The summed E-state index contributed by atoms with van der Waals surface area (Å²) in [5.41, 5.74) is 5.92. The smallest absolute Gasteiger partial charge is 0.306 e. The molecule has 0 aliphatic heterocycles. The molecule has 1 aliphatic rings. The van der Waals surface area contributed by atoms with Crippen LogP contribution < -0.4 is 5.73 Å². The molecule has 1 saturated carbocycles. The normalized spacial score (nSPS) is 29.3. The van der Waals surface area contributed by atoms with Crippen LogP contribution >= 0.6 is 0 Å². The second-order valence-corrected chi connectivity index (χ2v) is 5.32. The third-order valence-electron chi connectivity index (χ3n) is 3.51. The first-order chi connectivity index (χ1) is 7.43. The predicted molar refractivity (Wildman–Crippen MR) is 61.9 cm³/mol. The van der Waals surface area contributed by atoms with E-state index in [9.17, 15) is 9.90 Å². The monoisotopic (exact) mass is 229 g/mol. The average Bonchev–Trinajstić information content (AvgIpc) is 2.63. The van der Waals surface area contributed by atoms with E-state index in [1.54, 1.807) is 0 Å². The Labute approximate surface area is 96.8 Å². The van der Waals surface area contributed by atoms with Gasteiger partial charge in [0, 0.05) is 6.04 Å². The van der Waals surface area contributed by atoms with Gasteiger partial charge in [-0.2, -0.15) is 0 Å². The van der Waals surface area contributed by atoms with Crippen molar-refractivity contribution in [3.8, 4) is 0 Å².